The highest BCUT2D eigenvalue weighted by atomic mass is 32.2. The molecule has 0 fully saturated rings. The topological polar surface area (TPSA) is 64.0 Å². The van der Waals surface area contributed by atoms with Gasteiger partial charge in [0.2, 0.25) is 0 Å². The van der Waals surface area contributed by atoms with Gasteiger partial charge in [0.15, 0.2) is 0 Å². The Labute approximate surface area is 137 Å². The molecule has 0 aliphatic rings. The minimum absolute atomic E-state index is 0.281. The molecule has 0 saturated carbocycles. The molecular weight excluding hydrogens is 336 g/mol. The fraction of sp³-hybridized carbons (Fsp3) is 0.0625. The van der Waals surface area contributed by atoms with Crippen molar-refractivity contribution in [1.29, 1.82) is 0 Å². The Morgan fingerprint density at radius 2 is 1.92 bits per heavy atom. The Morgan fingerprint density at radius 1 is 1.08 bits per heavy atom. The molecule has 0 radical (unpaired) electrons. The average molecular weight is 349 g/mol. The number of nitrogens with zero attached hydrogens (tertiary/aromatic N) is 2. The van der Waals surface area contributed by atoms with Gasteiger partial charge in [0, 0.05) is 24.1 Å². The molecule has 0 aliphatic heterocycles. The van der Waals surface area contributed by atoms with Crippen LogP contribution in [-0.2, 0) is 16.6 Å². The Morgan fingerprint density at radius 3 is 2.62 bits per heavy atom. The van der Waals surface area contributed by atoms with Gasteiger partial charge in [0.05, 0.1) is 6.54 Å². The number of halogens is 2. The molecule has 1 aromatic heterocycles. The van der Waals surface area contributed by atoms with E-state index in [-0.39, 0.29) is 5.69 Å². The number of hydrogen-bond donors (Lipinski definition) is 1. The van der Waals surface area contributed by atoms with Gasteiger partial charge < -0.3 is 0 Å². The maximum Gasteiger partial charge on any atom is 0.264 e. The van der Waals surface area contributed by atoms with Crippen molar-refractivity contribution in [1.82, 2.24) is 9.78 Å². The molecule has 124 valence electrons. The lowest BCUT2D eigenvalue weighted by Crippen LogP contribution is -2.15. The summed E-state index contributed by atoms with van der Waals surface area (Å²) in [6.07, 6.45) is 3.43. The van der Waals surface area contributed by atoms with Crippen molar-refractivity contribution in [2.24, 2.45) is 0 Å². The van der Waals surface area contributed by atoms with Gasteiger partial charge in [-0.05, 0) is 35.9 Å². The quantitative estimate of drug-likeness (QED) is 0.770. The summed E-state index contributed by atoms with van der Waals surface area (Å²) in [5.41, 5.74) is 1.10. The van der Waals surface area contributed by atoms with Crippen LogP contribution in [0.25, 0.3) is 0 Å². The molecule has 0 saturated heterocycles. The van der Waals surface area contributed by atoms with Gasteiger partial charge in [-0.15, -0.1) is 0 Å². The monoisotopic (exact) mass is 349 g/mol. The van der Waals surface area contributed by atoms with Gasteiger partial charge >= 0.3 is 0 Å². The zero-order valence-corrected chi connectivity index (χ0v) is 13.2. The van der Waals surface area contributed by atoms with Crippen molar-refractivity contribution in [2.45, 2.75) is 11.4 Å². The first-order valence-corrected chi connectivity index (χ1v) is 8.46. The molecule has 0 unspecified atom stereocenters. The van der Waals surface area contributed by atoms with Crippen LogP contribution in [0.3, 0.4) is 0 Å². The van der Waals surface area contributed by atoms with Gasteiger partial charge in [-0.25, -0.2) is 17.2 Å². The first-order valence-electron chi connectivity index (χ1n) is 6.98. The summed E-state index contributed by atoms with van der Waals surface area (Å²) >= 11 is 0. The van der Waals surface area contributed by atoms with E-state index >= 15 is 0 Å². The summed E-state index contributed by atoms with van der Waals surface area (Å²) in [5, 5.41) is 4.08. The van der Waals surface area contributed by atoms with E-state index in [1.165, 1.54) is 0 Å². The smallest absolute Gasteiger partial charge is 0.264 e. The van der Waals surface area contributed by atoms with Crippen molar-refractivity contribution in [3.63, 3.8) is 0 Å². The highest BCUT2D eigenvalue weighted by molar-refractivity contribution is 7.92. The van der Waals surface area contributed by atoms with Crippen LogP contribution < -0.4 is 4.72 Å². The molecular formula is C16H13F2N3O2S. The molecule has 3 rings (SSSR count). The van der Waals surface area contributed by atoms with Gasteiger partial charge in [-0.1, -0.05) is 12.1 Å². The maximum atomic E-state index is 13.7. The molecule has 1 heterocycles. The average Bonchev–Trinajstić information content (AvgIpc) is 2.99. The first-order chi connectivity index (χ1) is 11.4. The van der Waals surface area contributed by atoms with E-state index < -0.39 is 26.6 Å². The highest BCUT2D eigenvalue weighted by Crippen LogP contribution is 2.20. The van der Waals surface area contributed by atoms with Crippen molar-refractivity contribution in [2.75, 3.05) is 4.72 Å². The first kappa shape index (κ1) is 16.1. The van der Waals surface area contributed by atoms with Gasteiger partial charge in [-0.2, -0.15) is 5.10 Å². The second-order valence-electron chi connectivity index (χ2n) is 5.08. The number of hydrogen-bond acceptors (Lipinski definition) is 3. The molecule has 0 bridgehead atoms. The SMILES string of the molecule is O=S(=O)(Nc1cccc(Cn2cccn2)c1)c1ccc(F)cc1F. The number of aromatic nitrogens is 2. The van der Waals surface area contributed by atoms with Crippen LogP contribution in [-0.4, -0.2) is 18.2 Å². The number of benzene rings is 2. The third kappa shape index (κ3) is 3.60. The molecule has 3 aromatic rings. The van der Waals surface area contributed by atoms with Crippen molar-refractivity contribution < 1.29 is 17.2 Å². The van der Waals surface area contributed by atoms with Gasteiger partial charge in [0.1, 0.15) is 16.5 Å². The van der Waals surface area contributed by atoms with Crippen molar-refractivity contribution in [3.8, 4) is 0 Å². The Balaban J connectivity index is 1.84. The fourth-order valence-corrected chi connectivity index (χ4v) is 3.33. The Bertz CT molecular complexity index is 957. The van der Waals surface area contributed by atoms with Crippen LogP contribution in [0.5, 0.6) is 0 Å². The van der Waals surface area contributed by atoms with Crippen LogP contribution in [0.15, 0.2) is 65.8 Å². The van der Waals surface area contributed by atoms with Crippen LogP contribution in [0, 0.1) is 11.6 Å². The second-order valence-corrected chi connectivity index (χ2v) is 6.74. The predicted molar refractivity (Wildman–Crippen MR) is 84.9 cm³/mol. The summed E-state index contributed by atoms with van der Waals surface area (Å²) in [7, 11) is -4.15. The summed E-state index contributed by atoms with van der Waals surface area (Å²) in [4.78, 5) is -0.610. The molecule has 24 heavy (non-hydrogen) atoms. The van der Waals surface area contributed by atoms with E-state index in [4.69, 9.17) is 0 Å². The van der Waals surface area contributed by atoms with E-state index in [0.29, 0.717) is 12.6 Å². The third-order valence-electron chi connectivity index (χ3n) is 3.27. The summed E-state index contributed by atoms with van der Waals surface area (Å²) in [6.45, 7) is 0.466. The number of anilines is 1. The Kier molecular flexibility index (Phi) is 4.30. The van der Waals surface area contributed by atoms with E-state index in [2.05, 4.69) is 9.82 Å². The number of sulfonamides is 1. The lowest BCUT2D eigenvalue weighted by atomic mass is 10.2. The van der Waals surface area contributed by atoms with Crippen LogP contribution in [0.1, 0.15) is 5.56 Å². The van der Waals surface area contributed by atoms with E-state index in [0.717, 1.165) is 17.7 Å². The van der Waals surface area contributed by atoms with Gasteiger partial charge in [0.25, 0.3) is 10.0 Å². The largest absolute Gasteiger partial charge is 0.280 e. The number of rotatable bonds is 5. The third-order valence-corrected chi connectivity index (χ3v) is 4.68. The molecule has 2 aromatic carbocycles. The van der Waals surface area contributed by atoms with E-state index in [1.54, 1.807) is 41.3 Å². The zero-order chi connectivity index (χ0) is 17.2. The van der Waals surface area contributed by atoms with E-state index in [9.17, 15) is 17.2 Å². The molecule has 0 atom stereocenters. The maximum absolute atomic E-state index is 13.7. The molecule has 0 aliphatic carbocycles. The minimum atomic E-state index is -4.15. The van der Waals surface area contributed by atoms with Crippen LogP contribution in [0.2, 0.25) is 0 Å². The second kappa shape index (κ2) is 6.40. The lowest BCUT2D eigenvalue weighted by molar-refractivity contribution is 0.551. The summed E-state index contributed by atoms with van der Waals surface area (Å²) in [6, 6.07) is 10.8. The minimum Gasteiger partial charge on any atom is -0.280 e. The van der Waals surface area contributed by atoms with Crippen LogP contribution in [0.4, 0.5) is 14.5 Å². The Hall–Kier alpha value is -2.74. The lowest BCUT2D eigenvalue weighted by Gasteiger charge is -2.10. The molecule has 8 heteroatoms. The number of nitrogens with one attached hydrogen (secondary N) is 1. The molecule has 0 spiro atoms. The highest BCUT2D eigenvalue weighted by Gasteiger charge is 2.19. The predicted octanol–water partition coefficient (Wildman–Crippen LogP) is 3.01. The normalized spacial score (nSPS) is 11.4. The van der Waals surface area contributed by atoms with Crippen LogP contribution >= 0.6 is 0 Å². The van der Waals surface area contributed by atoms with Crippen molar-refractivity contribution in [3.05, 3.63) is 78.1 Å². The molecule has 1 N–H and O–H groups in total. The molecule has 0 amide bonds. The van der Waals surface area contributed by atoms with E-state index in [1.807, 2.05) is 6.07 Å². The molecule has 5 nitrogen and oxygen atoms in total. The zero-order valence-electron chi connectivity index (χ0n) is 12.4. The van der Waals surface area contributed by atoms with Gasteiger partial charge in [-0.3, -0.25) is 9.40 Å². The standard InChI is InChI=1S/C16H13F2N3O2S/c17-13-5-6-16(15(18)10-13)24(22,23)20-14-4-1-3-12(9-14)11-21-8-2-7-19-21/h1-10,20H,11H2. The van der Waals surface area contributed by atoms with Crippen molar-refractivity contribution >= 4 is 15.7 Å². The summed E-state index contributed by atoms with van der Waals surface area (Å²) < 4.78 is 55.2. The fourth-order valence-electron chi connectivity index (χ4n) is 2.22. The summed E-state index contributed by atoms with van der Waals surface area (Å²) in [5.74, 6) is -1.98.